The fourth-order valence-corrected chi connectivity index (χ4v) is 2.14. The van der Waals surface area contributed by atoms with Gasteiger partial charge < -0.3 is 21.7 Å². The molecule has 0 heterocycles. The van der Waals surface area contributed by atoms with E-state index in [0.717, 1.165) is 11.4 Å². The molecule has 1 aromatic rings. The minimum absolute atomic E-state index is 0.513. The highest BCUT2D eigenvalue weighted by Gasteiger charge is 2.13. The molecule has 0 aromatic heterocycles. The first-order chi connectivity index (χ1) is 10.3. The lowest BCUT2D eigenvalue weighted by molar-refractivity contribution is -0.556. The van der Waals surface area contributed by atoms with Crippen LogP contribution in [0.25, 0.3) is 0 Å². The number of nitrogen functional groups attached to an aromatic ring is 1. The minimum atomic E-state index is 0.513. The molecule has 0 bridgehead atoms. The van der Waals surface area contributed by atoms with Crippen LogP contribution in [0.15, 0.2) is 48.3 Å². The summed E-state index contributed by atoms with van der Waals surface area (Å²) < 4.78 is 0. The van der Waals surface area contributed by atoms with Gasteiger partial charge in [-0.05, 0) is 58.9 Å². The predicted molar refractivity (Wildman–Crippen MR) is 98.5 cm³/mol. The van der Waals surface area contributed by atoms with Gasteiger partial charge in [-0.1, -0.05) is 6.08 Å². The monoisotopic (exact) mass is 305 g/mol. The third-order valence-electron chi connectivity index (χ3n) is 3.12. The predicted octanol–water partition coefficient (Wildman–Crippen LogP) is 2.45. The van der Waals surface area contributed by atoms with E-state index in [4.69, 9.17) is 11.5 Å². The van der Waals surface area contributed by atoms with Crippen LogP contribution in [0, 0.1) is 0 Å². The zero-order chi connectivity index (χ0) is 17.1. The van der Waals surface area contributed by atoms with Gasteiger partial charge in [0.15, 0.2) is 0 Å². The van der Waals surface area contributed by atoms with Crippen molar-refractivity contribution in [2.75, 3.05) is 17.7 Å². The van der Waals surface area contributed by atoms with Crippen LogP contribution in [-0.2, 0) is 0 Å². The Morgan fingerprint density at radius 3 is 1.95 bits per heavy atom. The smallest absolute Gasteiger partial charge is 0.0944 e. The molecular weight excluding hydrogens is 272 g/mol. The largest absolute Gasteiger partial charge is 0.399 e. The standard InChI is InChI=1S/C12H20N2.C6H12N2/c1-9(2)14(10(3)4)12-7-5-11(13)6-8-12;1-3-6(7)4-5-8-2/h5-10H,13H2,1-4H3;3-5,8H,7H2,1-2H3/p+1/b;5-4-,6-3+. The van der Waals surface area contributed by atoms with E-state index in [0.29, 0.717) is 12.1 Å². The maximum Gasteiger partial charge on any atom is 0.0944 e. The molecule has 0 saturated heterocycles. The average Bonchev–Trinajstić information content (AvgIpc) is 2.47. The second-order valence-electron chi connectivity index (χ2n) is 5.67. The molecule has 1 aromatic carbocycles. The molecule has 0 amide bonds. The molecule has 0 saturated carbocycles. The molecule has 0 spiro atoms. The topological polar surface area (TPSA) is 71.9 Å². The third kappa shape index (κ3) is 7.74. The van der Waals surface area contributed by atoms with E-state index in [9.17, 15) is 0 Å². The number of benzene rings is 1. The average molecular weight is 305 g/mol. The van der Waals surface area contributed by atoms with E-state index in [1.807, 2.05) is 49.8 Å². The van der Waals surface area contributed by atoms with Crippen molar-refractivity contribution in [1.29, 1.82) is 0 Å². The van der Waals surface area contributed by atoms with Crippen LogP contribution >= 0.6 is 0 Å². The Morgan fingerprint density at radius 1 is 1.09 bits per heavy atom. The lowest BCUT2D eigenvalue weighted by atomic mass is 10.2. The Labute approximate surface area is 135 Å². The zero-order valence-electron chi connectivity index (χ0n) is 14.9. The number of hydrogen-bond acceptors (Lipinski definition) is 3. The molecule has 0 fully saturated rings. The molecule has 0 aliphatic rings. The number of nitrogens with zero attached hydrogens (tertiary/aromatic N) is 1. The fourth-order valence-electron chi connectivity index (χ4n) is 2.14. The van der Waals surface area contributed by atoms with Crippen molar-refractivity contribution in [3.8, 4) is 0 Å². The van der Waals surface area contributed by atoms with Crippen molar-refractivity contribution in [3.05, 3.63) is 48.3 Å². The van der Waals surface area contributed by atoms with Crippen LogP contribution in [0.4, 0.5) is 11.4 Å². The SMILES string of the molecule is C/C=C(N)\C=C/[NH2+]C.CC(C)N(c1ccc(N)cc1)C(C)C. The highest BCUT2D eigenvalue weighted by molar-refractivity contribution is 5.54. The van der Waals surface area contributed by atoms with Gasteiger partial charge in [-0.15, -0.1) is 0 Å². The van der Waals surface area contributed by atoms with Crippen molar-refractivity contribution >= 4 is 11.4 Å². The van der Waals surface area contributed by atoms with Crippen molar-refractivity contribution in [2.45, 2.75) is 46.7 Å². The van der Waals surface area contributed by atoms with Crippen LogP contribution in [0.3, 0.4) is 0 Å². The van der Waals surface area contributed by atoms with Gasteiger partial charge in [0.1, 0.15) is 0 Å². The second-order valence-corrected chi connectivity index (χ2v) is 5.67. The molecule has 0 atom stereocenters. The van der Waals surface area contributed by atoms with Crippen molar-refractivity contribution in [2.24, 2.45) is 5.73 Å². The van der Waals surface area contributed by atoms with Gasteiger partial charge in [-0.3, -0.25) is 0 Å². The minimum Gasteiger partial charge on any atom is -0.399 e. The molecule has 0 aliphatic heterocycles. The number of allylic oxidation sites excluding steroid dienone is 2. The first kappa shape index (κ1) is 20.1. The van der Waals surface area contributed by atoms with Gasteiger partial charge >= 0.3 is 0 Å². The zero-order valence-corrected chi connectivity index (χ0v) is 14.9. The summed E-state index contributed by atoms with van der Waals surface area (Å²) in [5.74, 6) is 0. The first-order valence-electron chi connectivity index (χ1n) is 7.85. The van der Waals surface area contributed by atoms with Crippen molar-refractivity contribution in [1.82, 2.24) is 0 Å². The molecular formula is C18H33N4+. The van der Waals surface area contributed by atoms with E-state index in [-0.39, 0.29) is 0 Å². The second kappa shape index (κ2) is 10.7. The summed E-state index contributed by atoms with van der Waals surface area (Å²) in [4.78, 5) is 2.37. The number of quaternary nitrogens is 1. The Morgan fingerprint density at radius 2 is 1.59 bits per heavy atom. The highest BCUT2D eigenvalue weighted by Crippen LogP contribution is 2.21. The molecule has 22 heavy (non-hydrogen) atoms. The number of rotatable bonds is 5. The van der Waals surface area contributed by atoms with Crippen LogP contribution < -0.4 is 21.7 Å². The van der Waals surface area contributed by atoms with Crippen LogP contribution in [0.1, 0.15) is 34.6 Å². The number of hydrogen-bond donors (Lipinski definition) is 3. The van der Waals surface area contributed by atoms with Gasteiger partial charge in [0.05, 0.1) is 13.2 Å². The molecule has 0 radical (unpaired) electrons. The molecule has 1 rings (SSSR count). The van der Waals surface area contributed by atoms with Crippen molar-refractivity contribution in [3.63, 3.8) is 0 Å². The Balaban J connectivity index is 0.000000472. The third-order valence-corrected chi connectivity index (χ3v) is 3.12. The summed E-state index contributed by atoms with van der Waals surface area (Å²) in [7, 11) is 1.96. The Kier molecular flexibility index (Phi) is 9.79. The maximum atomic E-state index is 5.66. The molecule has 0 aliphatic carbocycles. The van der Waals surface area contributed by atoms with Gasteiger partial charge in [0.25, 0.3) is 0 Å². The lowest BCUT2D eigenvalue weighted by Crippen LogP contribution is -2.72. The molecule has 4 nitrogen and oxygen atoms in total. The Bertz CT molecular complexity index is 450. The van der Waals surface area contributed by atoms with Gasteiger partial charge in [0, 0.05) is 35.2 Å². The van der Waals surface area contributed by atoms with E-state index >= 15 is 0 Å². The van der Waals surface area contributed by atoms with E-state index in [1.165, 1.54) is 5.69 Å². The summed E-state index contributed by atoms with van der Waals surface area (Å²) in [6.45, 7) is 10.7. The van der Waals surface area contributed by atoms with Crippen LogP contribution in [0.5, 0.6) is 0 Å². The maximum absolute atomic E-state index is 5.66. The first-order valence-corrected chi connectivity index (χ1v) is 7.85. The van der Waals surface area contributed by atoms with Gasteiger partial charge in [0.2, 0.25) is 0 Å². The number of anilines is 2. The molecule has 4 heteroatoms. The van der Waals surface area contributed by atoms with E-state index in [2.05, 4.69) is 44.7 Å². The van der Waals surface area contributed by atoms with Crippen LogP contribution in [-0.4, -0.2) is 19.1 Å². The summed E-state index contributed by atoms with van der Waals surface area (Å²) in [5.41, 5.74) is 13.9. The highest BCUT2D eigenvalue weighted by atomic mass is 15.2. The molecule has 0 unspecified atom stereocenters. The molecule has 124 valence electrons. The quantitative estimate of drug-likeness (QED) is 0.578. The molecule has 6 N–H and O–H groups in total. The summed E-state index contributed by atoms with van der Waals surface area (Å²) in [6.07, 6.45) is 5.63. The van der Waals surface area contributed by atoms with Gasteiger partial charge in [-0.25, -0.2) is 0 Å². The van der Waals surface area contributed by atoms with Crippen molar-refractivity contribution < 1.29 is 5.32 Å². The van der Waals surface area contributed by atoms with Crippen LogP contribution in [0.2, 0.25) is 0 Å². The fraction of sp³-hybridized carbons (Fsp3) is 0.444. The van der Waals surface area contributed by atoms with Gasteiger partial charge in [-0.2, -0.15) is 0 Å². The normalized spacial score (nSPS) is 11.7. The van der Waals surface area contributed by atoms with E-state index < -0.39 is 0 Å². The summed E-state index contributed by atoms with van der Waals surface area (Å²) in [6, 6.07) is 9.09. The van der Waals surface area contributed by atoms with E-state index in [1.54, 1.807) is 0 Å². The number of nitrogens with two attached hydrogens (primary N) is 3. The summed E-state index contributed by atoms with van der Waals surface area (Å²) in [5, 5.41) is 1.94. The Hall–Kier alpha value is -1.94. The summed E-state index contributed by atoms with van der Waals surface area (Å²) >= 11 is 0. The lowest BCUT2D eigenvalue weighted by Gasteiger charge is -2.33.